The van der Waals surface area contributed by atoms with Gasteiger partial charge in [-0.2, -0.15) is 0 Å². The van der Waals surface area contributed by atoms with Gasteiger partial charge in [0.25, 0.3) is 0 Å². The SMILES string of the molecule is CCOc1ncccc1-c1cccc2c(N)c3c(nc12)CN(C1CCCC1)C3. The van der Waals surface area contributed by atoms with Gasteiger partial charge in [-0.25, -0.2) is 4.98 Å². The molecule has 1 aliphatic heterocycles. The summed E-state index contributed by atoms with van der Waals surface area (Å²) in [6.07, 6.45) is 7.04. The standard InChI is InChI=1S/C23H26N4O/c1-2-28-23-17(11-6-12-25-23)16-9-5-10-18-21(24)19-13-27(15-7-3-4-8-15)14-20(19)26-22(16)18/h5-6,9-12,15H,2-4,7-8,13-14H2,1H3,(H2,24,26). The molecule has 3 heterocycles. The normalized spacial score (nSPS) is 17.3. The number of benzene rings is 1. The van der Waals surface area contributed by atoms with E-state index in [0.29, 0.717) is 18.5 Å². The molecule has 0 radical (unpaired) electrons. The van der Waals surface area contributed by atoms with Gasteiger partial charge in [-0.15, -0.1) is 0 Å². The molecular formula is C23H26N4O. The molecule has 144 valence electrons. The van der Waals surface area contributed by atoms with Gasteiger partial charge in [0.1, 0.15) is 0 Å². The van der Waals surface area contributed by atoms with Crippen molar-refractivity contribution in [2.75, 3.05) is 12.3 Å². The molecule has 28 heavy (non-hydrogen) atoms. The van der Waals surface area contributed by atoms with E-state index >= 15 is 0 Å². The van der Waals surface area contributed by atoms with E-state index in [1.165, 1.54) is 31.2 Å². The average molecular weight is 374 g/mol. The summed E-state index contributed by atoms with van der Waals surface area (Å²) in [5.74, 6) is 0.644. The molecular weight excluding hydrogens is 348 g/mol. The molecule has 0 amide bonds. The van der Waals surface area contributed by atoms with Gasteiger partial charge in [-0.1, -0.05) is 31.0 Å². The average Bonchev–Trinajstić information content (AvgIpc) is 3.38. The lowest BCUT2D eigenvalue weighted by molar-refractivity contribution is 0.201. The Labute approximate surface area is 165 Å². The van der Waals surface area contributed by atoms with Gasteiger partial charge in [-0.3, -0.25) is 9.88 Å². The van der Waals surface area contributed by atoms with E-state index in [0.717, 1.165) is 46.5 Å². The van der Waals surface area contributed by atoms with Crippen LogP contribution in [0.15, 0.2) is 36.5 Å². The number of para-hydroxylation sites is 1. The van der Waals surface area contributed by atoms with E-state index < -0.39 is 0 Å². The second kappa shape index (κ2) is 7.06. The van der Waals surface area contributed by atoms with Gasteiger partial charge in [0.15, 0.2) is 0 Å². The minimum atomic E-state index is 0.579. The molecule has 3 aromatic rings. The van der Waals surface area contributed by atoms with Crippen molar-refractivity contribution in [1.29, 1.82) is 0 Å². The number of fused-ring (bicyclic) bond motifs is 2. The van der Waals surface area contributed by atoms with Gasteiger partial charge in [0, 0.05) is 53.1 Å². The molecule has 5 rings (SSSR count). The number of hydrogen-bond donors (Lipinski definition) is 1. The fourth-order valence-corrected chi connectivity index (χ4v) is 4.75. The summed E-state index contributed by atoms with van der Waals surface area (Å²) in [5, 5.41) is 1.02. The first-order chi connectivity index (χ1) is 13.8. The lowest BCUT2D eigenvalue weighted by Gasteiger charge is -2.22. The van der Waals surface area contributed by atoms with Crippen molar-refractivity contribution in [3.05, 3.63) is 47.8 Å². The summed E-state index contributed by atoms with van der Waals surface area (Å²) in [4.78, 5) is 12.1. The van der Waals surface area contributed by atoms with Gasteiger partial charge in [0.05, 0.1) is 17.8 Å². The molecule has 1 fully saturated rings. The van der Waals surface area contributed by atoms with Gasteiger partial charge < -0.3 is 10.5 Å². The molecule has 5 nitrogen and oxygen atoms in total. The lowest BCUT2D eigenvalue weighted by atomic mass is 10.00. The van der Waals surface area contributed by atoms with E-state index in [9.17, 15) is 0 Å². The minimum absolute atomic E-state index is 0.579. The Morgan fingerprint density at radius 1 is 1.11 bits per heavy atom. The number of ether oxygens (including phenoxy) is 1. The molecule has 0 saturated heterocycles. The summed E-state index contributed by atoms with van der Waals surface area (Å²) < 4.78 is 5.77. The van der Waals surface area contributed by atoms with Crippen molar-refractivity contribution in [2.45, 2.75) is 51.7 Å². The van der Waals surface area contributed by atoms with Crippen LogP contribution in [0.5, 0.6) is 5.88 Å². The Morgan fingerprint density at radius 3 is 2.75 bits per heavy atom. The molecule has 2 N–H and O–H groups in total. The van der Waals surface area contributed by atoms with Crippen LogP contribution in [0.2, 0.25) is 0 Å². The maximum Gasteiger partial charge on any atom is 0.221 e. The Kier molecular flexibility index (Phi) is 4.40. The lowest BCUT2D eigenvalue weighted by Crippen LogP contribution is -2.27. The van der Waals surface area contributed by atoms with Crippen molar-refractivity contribution >= 4 is 16.6 Å². The summed E-state index contributed by atoms with van der Waals surface area (Å²) in [6.45, 7) is 4.38. The van der Waals surface area contributed by atoms with Crippen molar-refractivity contribution < 1.29 is 4.74 Å². The van der Waals surface area contributed by atoms with E-state index in [1.54, 1.807) is 6.20 Å². The molecule has 1 saturated carbocycles. The highest BCUT2D eigenvalue weighted by atomic mass is 16.5. The maximum atomic E-state index is 6.66. The highest BCUT2D eigenvalue weighted by Gasteiger charge is 2.31. The Bertz CT molecular complexity index is 1030. The predicted octanol–water partition coefficient (Wildman–Crippen LogP) is 4.54. The second-order valence-corrected chi connectivity index (χ2v) is 7.78. The number of hydrogen-bond acceptors (Lipinski definition) is 5. The van der Waals surface area contributed by atoms with Crippen LogP contribution in [0.25, 0.3) is 22.0 Å². The molecule has 1 aliphatic carbocycles. The molecule has 0 atom stereocenters. The third-order valence-corrected chi connectivity index (χ3v) is 6.14. The second-order valence-electron chi connectivity index (χ2n) is 7.78. The third-order valence-electron chi connectivity index (χ3n) is 6.14. The van der Waals surface area contributed by atoms with Gasteiger partial charge in [-0.05, 0) is 31.9 Å². The zero-order valence-electron chi connectivity index (χ0n) is 16.3. The van der Waals surface area contributed by atoms with Crippen LogP contribution in [-0.2, 0) is 13.1 Å². The summed E-state index contributed by atoms with van der Waals surface area (Å²) in [5.41, 5.74) is 12.8. The molecule has 2 aromatic heterocycles. The summed E-state index contributed by atoms with van der Waals surface area (Å²) in [7, 11) is 0. The van der Waals surface area contributed by atoms with E-state index in [2.05, 4.69) is 28.1 Å². The smallest absolute Gasteiger partial charge is 0.221 e. The van der Waals surface area contributed by atoms with Crippen molar-refractivity contribution in [1.82, 2.24) is 14.9 Å². The van der Waals surface area contributed by atoms with Crippen LogP contribution >= 0.6 is 0 Å². The zero-order chi connectivity index (χ0) is 19.1. The number of anilines is 1. The van der Waals surface area contributed by atoms with E-state index in [1.807, 2.05) is 19.1 Å². The number of pyridine rings is 2. The number of aromatic nitrogens is 2. The molecule has 0 spiro atoms. The molecule has 1 aromatic carbocycles. The molecule has 5 heteroatoms. The quantitative estimate of drug-likeness (QED) is 0.726. The molecule has 0 unspecified atom stereocenters. The van der Waals surface area contributed by atoms with Crippen molar-refractivity contribution in [2.24, 2.45) is 0 Å². The maximum absolute atomic E-state index is 6.66. The topological polar surface area (TPSA) is 64.3 Å². The first kappa shape index (κ1) is 17.4. The highest BCUT2D eigenvalue weighted by Crippen LogP contribution is 2.40. The number of nitrogens with zero attached hydrogens (tertiary/aromatic N) is 3. The zero-order valence-corrected chi connectivity index (χ0v) is 16.3. The van der Waals surface area contributed by atoms with Crippen LogP contribution in [0.1, 0.15) is 43.9 Å². The number of rotatable bonds is 4. The van der Waals surface area contributed by atoms with Gasteiger partial charge >= 0.3 is 0 Å². The van der Waals surface area contributed by atoms with E-state index in [-0.39, 0.29) is 0 Å². The van der Waals surface area contributed by atoms with Crippen LogP contribution < -0.4 is 10.5 Å². The fraction of sp³-hybridized carbons (Fsp3) is 0.391. The van der Waals surface area contributed by atoms with E-state index in [4.69, 9.17) is 15.5 Å². The Balaban J connectivity index is 1.63. The van der Waals surface area contributed by atoms with Gasteiger partial charge in [0.2, 0.25) is 5.88 Å². The number of nitrogen functional groups attached to an aromatic ring is 1. The monoisotopic (exact) mass is 374 g/mol. The molecule has 2 aliphatic rings. The summed E-state index contributed by atoms with van der Waals surface area (Å²) in [6, 6.07) is 10.9. The summed E-state index contributed by atoms with van der Waals surface area (Å²) >= 11 is 0. The Morgan fingerprint density at radius 2 is 1.93 bits per heavy atom. The van der Waals surface area contributed by atoms with Crippen LogP contribution in [0.3, 0.4) is 0 Å². The number of nitrogens with two attached hydrogens (primary N) is 1. The Hall–Kier alpha value is -2.66. The molecule has 0 bridgehead atoms. The predicted molar refractivity (Wildman–Crippen MR) is 112 cm³/mol. The van der Waals surface area contributed by atoms with Crippen molar-refractivity contribution in [3.8, 4) is 17.0 Å². The largest absolute Gasteiger partial charge is 0.478 e. The van der Waals surface area contributed by atoms with Crippen LogP contribution in [0, 0.1) is 0 Å². The highest BCUT2D eigenvalue weighted by molar-refractivity contribution is 6.01. The first-order valence-corrected chi connectivity index (χ1v) is 10.3. The van der Waals surface area contributed by atoms with Crippen LogP contribution in [0.4, 0.5) is 5.69 Å². The van der Waals surface area contributed by atoms with Crippen LogP contribution in [-0.4, -0.2) is 27.5 Å². The minimum Gasteiger partial charge on any atom is -0.478 e. The van der Waals surface area contributed by atoms with Crippen molar-refractivity contribution in [3.63, 3.8) is 0 Å². The third kappa shape index (κ3) is 2.81. The first-order valence-electron chi connectivity index (χ1n) is 10.3. The fourth-order valence-electron chi connectivity index (χ4n) is 4.75.